The highest BCUT2D eigenvalue weighted by molar-refractivity contribution is 5.84. The molecule has 1 saturated carbocycles. The monoisotopic (exact) mass is 283 g/mol. The number of oxime groups is 1. The van der Waals surface area contributed by atoms with Crippen LogP contribution in [0, 0.1) is 5.92 Å². The Hall–Kier alpha value is -1.26. The lowest BCUT2D eigenvalue weighted by Gasteiger charge is -2.19. The number of carbonyl (C=O) groups is 1. The predicted octanol–water partition coefficient (Wildman–Crippen LogP) is 2.77. The van der Waals surface area contributed by atoms with Crippen molar-refractivity contribution in [2.24, 2.45) is 16.8 Å². The zero-order chi connectivity index (χ0) is 14.8. The van der Waals surface area contributed by atoms with E-state index in [9.17, 15) is 4.79 Å². The molecule has 1 fully saturated rings. The Morgan fingerprint density at radius 1 is 1.25 bits per heavy atom. The van der Waals surface area contributed by atoms with E-state index in [1.165, 1.54) is 25.7 Å². The summed E-state index contributed by atoms with van der Waals surface area (Å²) in [5.74, 6) is 0.337. The smallest absolute Gasteiger partial charge is 0.220 e. The van der Waals surface area contributed by atoms with E-state index >= 15 is 0 Å². The van der Waals surface area contributed by atoms with E-state index in [4.69, 9.17) is 10.9 Å². The van der Waals surface area contributed by atoms with Crippen molar-refractivity contribution in [1.82, 2.24) is 5.32 Å². The summed E-state index contributed by atoms with van der Waals surface area (Å²) in [7, 11) is 0. The molecule has 2 atom stereocenters. The van der Waals surface area contributed by atoms with Gasteiger partial charge in [-0.25, -0.2) is 0 Å². The van der Waals surface area contributed by atoms with E-state index in [0.717, 1.165) is 32.1 Å². The summed E-state index contributed by atoms with van der Waals surface area (Å²) in [4.78, 5) is 11.9. The van der Waals surface area contributed by atoms with Gasteiger partial charge in [0, 0.05) is 18.4 Å². The van der Waals surface area contributed by atoms with Gasteiger partial charge < -0.3 is 16.3 Å². The zero-order valence-electron chi connectivity index (χ0n) is 12.6. The maximum Gasteiger partial charge on any atom is 0.220 e. The van der Waals surface area contributed by atoms with Gasteiger partial charge in [-0.2, -0.15) is 0 Å². The highest BCUT2D eigenvalue weighted by atomic mass is 16.4. The number of amidine groups is 1. The van der Waals surface area contributed by atoms with Gasteiger partial charge in [-0.1, -0.05) is 50.6 Å². The lowest BCUT2D eigenvalue weighted by molar-refractivity contribution is -0.122. The maximum atomic E-state index is 11.9. The Morgan fingerprint density at radius 2 is 1.95 bits per heavy atom. The molecule has 1 aliphatic carbocycles. The van der Waals surface area contributed by atoms with Crippen LogP contribution in [-0.2, 0) is 4.79 Å². The standard InChI is InChI=1S/C15H29N3O2/c1-2-3-4-5-6-7-11-14(19)17-13-10-8-9-12(13)15(16)18-20/h12-13,20H,2-11H2,1H3,(H2,16,18)(H,17,19). The molecule has 2 unspecified atom stereocenters. The van der Waals surface area contributed by atoms with E-state index in [1.807, 2.05) is 0 Å². The largest absolute Gasteiger partial charge is 0.409 e. The Labute approximate surface area is 122 Å². The van der Waals surface area contributed by atoms with Crippen LogP contribution < -0.4 is 11.1 Å². The first kappa shape index (κ1) is 16.8. The summed E-state index contributed by atoms with van der Waals surface area (Å²) in [5, 5.41) is 14.9. The minimum Gasteiger partial charge on any atom is -0.409 e. The fourth-order valence-corrected chi connectivity index (χ4v) is 2.91. The third-order valence-corrected chi connectivity index (χ3v) is 4.12. The Kier molecular flexibility index (Phi) is 8.07. The van der Waals surface area contributed by atoms with Crippen molar-refractivity contribution >= 4 is 11.7 Å². The highest BCUT2D eigenvalue weighted by Gasteiger charge is 2.31. The van der Waals surface area contributed by atoms with Gasteiger partial charge >= 0.3 is 0 Å². The number of nitrogens with one attached hydrogen (secondary N) is 1. The summed E-state index contributed by atoms with van der Waals surface area (Å²) < 4.78 is 0. The molecule has 0 aliphatic heterocycles. The fraction of sp³-hybridized carbons (Fsp3) is 0.867. The first-order chi connectivity index (χ1) is 9.69. The molecular weight excluding hydrogens is 254 g/mol. The molecule has 0 aromatic carbocycles. The Bertz CT molecular complexity index is 318. The Balaban J connectivity index is 2.18. The number of carbonyl (C=O) groups excluding carboxylic acids is 1. The summed E-state index contributed by atoms with van der Waals surface area (Å²) >= 11 is 0. The SMILES string of the molecule is CCCCCCCCC(=O)NC1CCCC1C(N)=NO. The zero-order valence-corrected chi connectivity index (χ0v) is 12.6. The molecule has 1 rings (SSSR count). The van der Waals surface area contributed by atoms with Crippen molar-refractivity contribution < 1.29 is 10.0 Å². The van der Waals surface area contributed by atoms with Crippen LogP contribution >= 0.6 is 0 Å². The molecule has 0 aromatic heterocycles. The van der Waals surface area contributed by atoms with Gasteiger partial charge in [-0.15, -0.1) is 0 Å². The molecule has 0 saturated heterocycles. The van der Waals surface area contributed by atoms with Gasteiger partial charge in [0.2, 0.25) is 5.91 Å². The number of nitrogens with two attached hydrogens (primary N) is 1. The van der Waals surface area contributed by atoms with Crippen molar-refractivity contribution in [1.29, 1.82) is 0 Å². The van der Waals surface area contributed by atoms with E-state index in [-0.39, 0.29) is 23.7 Å². The first-order valence-corrected chi connectivity index (χ1v) is 7.95. The Morgan fingerprint density at radius 3 is 2.65 bits per heavy atom. The molecule has 4 N–H and O–H groups in total. The number of rotatable bonds is 9. The quantitative estimate of drug-likeness (QED) is 0.200. The number of hydrogen-bond acceptors (Lipinski definition) is 3. The number of amides is 1. The van der Waals surface area contributed by atoms with Crippen molar-refractivity contribution in [3.05, 3.63) is 0 Å². The second-order valence-corrected chi connectivity index (χ2v) is 5.75. The van der Waals surface area contributed by atoms with Crippen LogP contribution in [0.4, 0.5) is 0 Å². The van der Waals surface area contributed by atoms with Crippen LogP contribution in [0.1, 0.15) is 71.1 Å². The summed E-state index contributed by atoms with van der Waals surface area (Å²) in [6.45, 7) is 2.20. The molecule has 0 aromatic rings. The van der Waals surface area contributed by atoms with Crippen LogP contribution in [0.3, 0.4) is 0 Å². The molecule has 0 heterocycles. The second kappa shape index (κ2) is 9.61. The maximum absolute atomic E-state index is 11.9. The molecule has 5 heteroatoms. The average Bonchev–Trinajstić information content (AvgIpc) is 2.90. The molecule has 0 bridgehead atoms. The lowest BCUT2D eigenvalue weighted by atomic mass is 10.0. The van der Waals surface area contributed by atoms with Gasteiger partial charge in [-0.05, 0) is 19.3 Å². The predicted molar refractivity (Wildman–Crippen MR) is 80.7 cm³/mol. The third-order valence-electron chi connectivity index (χ3n) is 4.12. The molecular formula is C15H29N3O2. The van der Waals surface area contributed by atoms with Crippen molar-refractivity contribution in [2.75, 3.05) is 0 Å². The third kappa shape index (κ3) is 5.80. The molecule has 116 valence electrons. The van der Waals surface area contributed by atoms with Gasteiger partial charge in [0.15, 0.2) is 0 Å². The fourth-order valence-electron chi connectivity index (χ4n) is 2.91. The topological polar surface area (TPSA) is 87.7 Å². The van der Waals surface area contributed by atoms with Crippen LogP contribution in [-0.4, -0.2) is 23.0 Å². The second-order valence-electron chi connectivity index (χ2n) is 5.75. The van der Waals surface area contributed by atoms with Crippen LogP contribution in [0.15, 0.2) is 5.16 Å². The van der Waals surface area contributed by atoms with Crippen LogP contribution in [0.25, 0.3) is 0 Å². The summed E-state index contributed by atoms with van der Waals surface area (Å²) in [6.07, 6.45) is 10.5. The van der Waals surface area contributed by atoms with Gasteiger partial charge in [0.25, 0.3) is 0 Å². The van der Waals surface area contributed by atoms with Gasteiger partial charge in [-0.3, -0.25) is 4.79 Å². The molecule has 1 aliphatic rings. The van der Waals surface area contributed by atoms with E-state index in [1.54, 1.807) is 0 Å². The first-order valence-electron chi connectivity index (χ1n) is 7.95. The molecule has 5 nitrogen and oxygen atoms in total. The van der Waals surface area contributed by atoms with Crippen LogP contribution in [0.2, 0.25) is 0 Å². The highest BCUT2D eigenvalue weighted by Crippen LogP contribution is 2.26. The molecule has 1 amide bonds. The molecule has 0 spiro atoms. The minimum absolute atomic E-state index is 0.00601. The van der Waals surface area contributed by atoms with Crippen molar-refractivity contribution in [3.8, 4) is 0 Å². The van der Waals surface area contributed by atoms with E-state index < -0.39 is 0 Å². The normalized spacial score (nSPS) is 22.9. The molecule has 0 radical (unpaired) electrons. The number of unbranched alkanes of at least 4 members (excludes halogenated alkanes) is 5. The lowest BCUT2D eigenvalue weighted by Crippen LogP contribution is -2.42. The van der Waals surface area contributed by atoms with Gasteiger partial charge in [0.05, 0.1) is 0 Å². The van der Waals surface area contributed by atoms with Crippen molar-refractivity contribution in [2.45, 2.75) is 77.2 Å². The number of hydrogen-bond donors (Lipinski definition) is 3. The average molecular weight is 283 g/mol. The van der Waals surface area contributed by atoms with E-state index in [0.29, 0.717) is 6.42 Å². The minimum atomic E-state index is -0.00601. The van der Waals surface area contributed by atoms with Crippen molar-refractivity contribution in [3.63, 3.8) is 0 Å². The molecule has 20 heavy (non-hydrogen) atoms. The summed E-state index contributed by atoms with van der Waals surface area (Å²) in [5.41, 5.74) is 5.66. The summed E-state index contributed by atoms with van der Waals surface area (Å²) in [6, 6.07) is 0.0403. The number of nitrogens with zero attached hydrogens (tertiary/aromatic N) is 1. The van der Waals surface area contributed by atoms with Crippen LogP contribution in [0.5, 0.6) is 0 Å². The van der Waals surface area contributed by atoms with Gasteiger partial charge in [0.1, 0.15) is 5.84 Å². The van der Waals surface area contributed by atoms with E-state index in [2.05, 4.69) is 17.4 Å².